The number of nitrogens with zero attached hydrogens (tertiary/aromatic N) is 3. The number of methoxy groups -OCH3 is 2. The topological polar surface area (TPSA) is 45.2 Å². The van der Waals surface area contributed by atoms with Crippen LogP contribution in [0.4, 0.5) is 11.4 Å². The number of fused-ring (bicyclic) bond motifs is 1. The summed E-state index contributed by atoms with van der Waals surface area (Å²) in [6, 6.07) is 14.1. The van der Waals surface area contributed by atoms with Crippen molar-refractivity contribution < 1.29 is 14.3 Å². The van der Waals surface area contributed by atoms with E-state index in [0.717, 1.165) is 48.9 Å². The molecule has 1 saturated heterocycles. The SMILES string of the molecule is COc1ccc(N2CCN(CC(=O)N3c4ccc(OC)cc4C(C)=CC3(C)C)CC2)cc1. The van der Waals surface area contributed by atoms with Crippen LogP contribution in [0, 0.1) is 0 Å². The smallest absolute Gasteiger partial charge is 0.241 e. The molecule has 0 saturated carbocycles. The molecular weight excluding hydrogens is 402 g/mol. The molecule has 6 heteroatoms. The summed E-state index contributed by atoms with van der Waals surface area (Å²) in [5.74, 6) is 1.80. The number of rotatable bonds is 5. The molecule has 0 N–H and O–H groups in total. The Morgan fingerprint density at radius 2 is 1.56 bits per heavy atom. The molecule has 2 aromatic rings. The fourth-order valence-electron chi connectivity index (χ4n) is 4.81. The lowest BCUT2D eigenvalue weighted by Gasteiger charge is -2.43. The van der Waals surface area contributed by atoms with Gasteiger partial charge in [0.2, 0.25) is 5.91 Å². The third-order valence-electron chi connectivity index (χ3n) is 6.43. The Morgan fingerprint density at radius 1 is 0.938 bits per heavy atom. The summed E-state index contributed by atoms with van der Waals surface area (Å²) >= 11 is 0. The molecule has 0 aromatic heterocycles. The number of benzene rings is 2. The zero-order valence-electron chi connectivity index (χ0n) is 19.7. The molecule has 0 atom stereocenters. The van der Waals surface area contributed by atoms with E-state index in [1.165, 1.54) is 11.3 Å². The fourth-order valence-corrected chi connectivity index (χ4v) is 4.81. The largest absolute Gasteiger partial charge is 0.497 e. The molecule has 2 aliphatic heterocycles. The Hall–Kier alpha value is -2.99. The van der Waals surface area contributed by atoms with Crippen LogP contribution in [0.1, 0.15) is 26.3 Å². The minimum atomic E-state index is -0.381. The predicted octanol–water partition coefficient (Wildman–Crippen LogP) is 4.05. The first-order valence-corrected chi connectivity index (χ1v) is 11.1. The van der Waals surface area contributed by atoms with Crippen LogP contribution < -0.4 is 19.3 Å². The number of piperazine rings is 1. The maximum Gasteiger partial charge on any atom is 0.241 e. The lowest BCUT2D eigenvalue weighted by Crippen LogP contribution is -2.55. The van der Waals surface area contributed by atoms with E-state index in [2.05, 4.69) is 48.8 Å². The van der Waals surface area contributed by atoms with Crippen LogP contribution in [0.3, 0.4) is 0 Å². The summed E-state index contributed by atoms with van der Waals surface area (Å²) in [6.45, 7) is 10.2. The number of carbonyl (C=O) groups is 1. The first-order valence-electron chi connectivity index (χ1n) is 11.1. The first kappa shape index (κ1) is 22.2. The Bertz CT molecular complexity index is 1010. The van der Waals surface area contributed by atoms with Crippen molar-refractivity contribution in [1.82, 2.24) is 4.90 Å². The van der Waals surface area contributed by atoms with Crippen LogP contribution in [-0.2, 0) is 4.79 Å². The Kier molecular flexibility index (Phi) is 6.15. The van der Waals surface area contributed by atoms with Gasteiger partial charge in [0.05, 0.1) is 32.0 Å². The van der Waals surface area contributed by atoms with E-state index >= 15 is 0 Å². The zero-order valence-corrected chi connectivity index (χ0v) is 19.7. The van der Waals surface area contributed by atoms with Gasteiger partial charge >= 0.3 is 0 Å². The number of hydrogen-bond donors (Lipinski definition) is 0. The minimum Gasteiger partial charge on any atom is -0.497 e. The fraction of sp³-hybridized carbons (Fsp3) is 0.423. The van der Waals surface area contributed by atoms with Crippen LogP contribution in [0.5, 0.6) is 11.5 Å². The Labute approximate surface area is 191 Å². The molecule has 4 rings (SSSR count). The second kappa shape index (κ2) is 8.87. The van der Waals surface area contributed by atoms with Crippen LogP contribution in [0.2, 0.25) is 0 Å². The Balaban J connectivity index is 1.45. The van der Waals surface area contributed by atoms with Crippen molar-refractivity contribution in [2.24, 2.45) is 0 Å². The quantitative estimate of drug-likeness (QED) is 0.709. The molecular formula is C26H33N3O3. The summed E-state index contributed by atoms with van der Waals surface area (Å²) < 4.78 is 10.7. The van der Waals surface area contributed by atoms with E-state index in [9.17, 15) is 4.79 Å². The predicted molar refractivity (Wildman–Crippen MR) is 130 cm³/mol. The van der Waals surface area contributed by atoms with Gasteiger partial charge in [-0.2, -0.15) is 0 Å². The monoisotopic (exact) mass is 435 g/mol. The maximum absolute atomic E-state index is 13.5. The van der Waals surface area contributed by atoms with Crippen molar-refractivity contribution in [1.29, 1.82) is 0 Å². The summed E-state index contributed by atoms with van der Waals surface area (Å²) in [4.78, 5) is 20.1. The van der Waals surface area contributed by atoms with Crippen LogP contribution >= 0.6 is 0 Å². The number of allylic oxidation sites excluding steroid dienone is 1. The Morgan fingerprint density at radius 3 is 2.19 bits per heavy atom. The molecule has 2 heterocycles. The van der Waals surface area contributed by atoms with Gasteiger partial charge in [0.1, 0.15) is 11.5 Å². The highest BCUT2D eigenvalue weighted by Gasteiger charge is 2.36. The zero-order chi connectivity index (χ0) is 22.9. The molecule has 1 amide bonds. The van der Waals surface area contributed by atoms with Gasteiger partial charge in [0.15, 0.2) is 0 Å². The second-order valence-corrected chi connectivity index (χ2v) is 9.05. The molecule has 1 fully saturated rings. The van der Waals surface area contributed by atoms with Crippen LogP contribution in [0.25, 0.3) is 5.57 Å². The lowest BCUT2D eigenvalue weighted by molar-refractivity contribution is -0.120. The molecule has 2 aliphatic rings. The second-order valence-electron chi connectivity index (χ2n) is 9.05. The van der Waals surface area contributed by atoms with E-state index in [-0.39, 0.29) is 11.4 Å². The summed E-state index contributed by atoms with van der Waals surface area (Å²) in [6.07, 6.45) is 2.17. The molecule has 0 spiro atoms. The summed E-state index contributed by atoms with van der Waals surface area (Å²) in [5.41, 5.74) is 3.99. The van der Waals surface area contributed by atoms with Crippen molar-refractivity contribution >= 4 is 22.9 Å². The van der Waals surface area contributed by atoms with Gasteiger partial charge in [-0.1, -0.05) is 6.08 Å². The van der Waals surface area contributed by atoms with Crippen molar-refractivity contribution in [3.05, 3.63) is 54.1 Å². The summed E-state index contributed by atoms with van der Waals surface area (Å²) in [5, 5.41) is 0. The highest BCUT2D eigenvalue weighted by atomic mass is 16.5. The van der Waals surface area contributed by atoms with Crippen molar-refractivity contribution in [2.75, 3.05) is 56.7 Å². The molecule has 32 heavy (non-hydrogen) atoms. The third kappa shape index (κ3) is 4.32. The maximum atomic E-state index is 13.5. The molecule has 0 aliphatic carbocycles. The van der Waals surface area contributed by atoms with E-state index in [1.54, 1.807) is 14.2 Å². The van der Waals surface area contributed by atoms with Gasteiger partial charge in [0.25, 0.3) is 0 Å². The van der Waals surface area contributed by atoms with E-state index < -0.39 is 0 Å². The van der Waals surface area contributed by atoms with Crippen molar-refractivity contribution in [3.8, 4) is 11.5 Å². The van der Waals surface area contributed by atoms with Gasteiger partial charge in [0, 0.05) is 37.4 Å². The number of ether oxygens (including phenoxy) is 2. The van der Waals surface area contributed by atoms with Crippen LogP contribution in [-0.4, -0.2) is 63.3 Å². The number of hydrogen-bond acceptors (Lipinski definition) is 5. The minimum absolute atomic E-state index is 0.128. The van der Waals surface area contributed by atoms with Gasteiger partial charge in [-0.05, 0) is 68.8 Å². The highest BCUT2D eigenvalue weighted by Crippen LogP contribution is 2.40. The molecule has 6 nitrogen and oxygen atoms in total. The summed E-state index contributed by atoms with van der Waals surface area (Å²) in [7, 11) is 3.35. The average Bonchev–Trinajstić information content (AvgIpc) is 2.79. The lowest BCUT2D eigenvalue weighted by atomic mass is 9.88. The number of amides is 1. The van der Waals surface area contributed by atoms with Gasteiger partial charge < -0.3 is 19.3 Å². The van der Waals surface area contributed by atoms with Gasteiger partial charge in [-0.15, -0.1) is 0 Å². The third-order valence-corrected chi connectivity index (χ3v) is 6.43. The van der Waals surface area contributed by atoms with Crippen LogP contribution in [0.15, 0.2) is 48.5 Å². The molecule has 0 unspecified atom stereocenters. The van der Waals surface area contributed by atoms with E-state index in [1.807, 2.05) is 35.2 Å². The van der Waals surface area contributed by atoms with Gasteiger partial charge in [-0.3, -0.25) is 9.69 Å². The molecule has 2 aromatic carbocycles. The molecule has 0 radical (unpaired) electrons. The number of carbonyl (C=O) groups excluding carboxylic acids is 1. The number of anilines is 2. The van der Waals surface area contributed by atoms with Crippen molar-refractivity contribution in [3.63, 3.8) is 0 Å². The normalized spacial score (nSPS) is 18.1. The first-order chi connectivity index (χ1) is 15.3. The van der Waals surface area contributed by atoms with E-state index in [4.69, 9.17) is 9.47 Å². The average molecular weight is 436 g/mol. The van der Waals surface area contributed by atoms with Gasteiger partial charge in [-0.25, -0.2) is 0 Å². The molecule has 0 bridgehead atoms. The van der Waals surface area contributed by atoms with Crippen molar-refractivity contribution in [2.45, 2.75) is 26.3 Å². The van der Waals surface area contributed by atoms with E-state index in [0.29, 0.717) is 6.54 Å². The molecule has 170 valence electrons. The standard InChI is InChI=1S/C26H33N3O3/c1-19-17-26(2,3)29(24-11-10-22(32-5)16-23(19)24)25(30)18-27-12-14-28(15-13-27)20-6-8-21(31-4)9-7-20/h6-11,16-17H,12-15,18H2,1-5H3. The highest BCUT2D eigenvalue weighted by molar-refractivity contribution is 6.01.